The van der Waals surface area contributed by atoms with Gasteiger partial charge in [-0.2, -0.15) is 0 Å². The van der Waals surface area contributed by atoms with Crippen molar-refractivity contribution in [1.29, 1.82) is 0 Å². The summed E-state index contributed by atoms with van der Waals surface area (Å²) in [7, 11) is 1.84. The molecule has 2 amide bonds. The lowest BCUT2D eigenvalue weighted by molar-refractivity contribution is 0.233. The predicted octanol–water partition coefficient (Wildman–Crippen LogP) is 1.40. The molecule has 20 heavy (non-hydrogen) atoms. The van der Waals surface area contributed by atoms with Crippen LogP contribution in [-0.4, -0.2) is 26.8 Å². The van der Waals surface area contributed by atoms with E-state index in [1.807, 2.05) is 33.0 Å². The van der Waals surface area contributed by atoms with Crippen LogP contribution >= 0.6 is 0 Å². The van der Waals surface area contributed by atoms with Crippen LogP contribution in [0.1, 0.15) is 31.5 Å². The third kappa shape index (κ3) is 3.59. The molecule has 2 N–H and O–H groups in total. The molecule has 0 aliphatic carbocycles. The molecular weight excluding hydrogens is 258 g/mol. The second-order valence-electron chi connectivity index (χ2n) is 4.82. The molecule has 0 aliphatic heterocycles. The quantitative estimate of drug-likeness (QED) is 0.865. The molecule has 0 bridgehead atoms. The fourth-order valence-electron chi connectivity index (χ4n) is 1.99. The highest BCUT2D eigenvalue weighted by molar-refractivity contribution is 5.74. The molecule has 2 rings (SSSR count). The number of nitrogens with one attached hydrogen (secondary N) is 2. The molecule has 2 aromatic heterocycles. The predicted molar refractivity (Wildman–Crippen MR) is 73.0 cm³/mol. The number of rotatable bonds is 5. The molecule has 0 saturated carbocycles. The SMILES string of the molecule is C[C@@H](Cc1ccco1)NC(=O)N[C@H](C)c1nncn1C. The molecule has 108 valence electrons. The second-order valence-corrected chi connectivity index (χ2v) is 4.82. The summed E-state index contributed by atoms with van der Waals surface area (Å²) in [5, 5.41) is 13.4. The average molecular weight is 277 g/mol. The van der Waals surface area contributed by atoms with E-state index >= 15 is 0 Å². The summed E-state index contributed by atoms with van der Waals surface area (Å²) in [5.74, 6) is 1.55. The van der Waals surface area contributed by atoms with Gasteiger partial charge in [0.1, 0.15) is 12.1 Å². The number of carbonyl (C=O) groups is 1. The Labute approximate surface area is 117 Å². The van der Waals surface area contributed by atoms with Gasteiger partial charge in [-0.25, -0.2) is 4.79 Å². The van der Waals surface area contributed by atoms with Gasteiger partial charge < -0.3 is 19.6 Å². The minimum Gasteiger partial charge on any atom is -0.469 e. The molecule has 0 fully saturated rings. The second kappa shape index (κ2) is 6.23. The Hall–Kier alpha value is -2.31. The summed E-state index contributed by atoms with van der Waals surface area (Å²) < 4.78 is 7.02. The number of hydrogen-bond donors (Lipinski definition) is 2. The van der Waals surface area contributed by atoms with Gasteiger partial charge in [-0.3, -0.25) is 0 Å². The van der Waals surface area contributed by atoms with E-state index in [1.165, 1.54) is 0 Å². The van der Waals surface area contributed by atoms with Crippen molar-refractivity contribution in [2.75, 3.05) is 0 Å². The van der Waals surface area contributed by atoms with Crippen LogP contribution in [0.4, 0.5) is 4.79 Å². The van der Waals surface area contributed by atoms with Crippen LogP contribution < -0.4 is 10.6 Å². The number of aryl methyl sites for hydroxylation is 1. The maximum atomic E-state index is 11.9. The molecule has 0 spiro atoms. The third-order valence-corrected chi connectivity index (χ3v) is 2.95. The Balaban J connectivity index is 1.81. The van der Waals surface area contributed by atoms with Crippen molar-refractivity contribution in [2.24, 2.45) is 7.05 Å². The van der Waals surface area contributed by atoms with E-state index in [4.69, 9.17) is 4.42 Å². The lowest BCUT2D eigenvalue weighted by Gasteiger charge is -2.17. The highest BCUT2D eigenvalue weighted by Gasteiger charge is 2.15. The summed E-state index contributed by atoms with van der Waals surface area (Å²) in [4.78, 5) is 11.9. The Morgan fingerprint density at radius 1 is 1.45 bits per heavy atom. The molecule has 0 aliphatic rings. The number of aromatic nitrogens is 3. The minimum absolute atomic E-state index is 0.0205. The highest BCUT2D eigenvalue weighted by atomic mass is 16.3. The fraction of sp³-hybridized carbons (Fsp3) is 0.462. The van der Waals surface area contributed by atoms with Gasteiger partial charge in [0.2, 0.25) is 0 Å². The van der Waals surface area contributed by atoms with Gasteiger partial charge in [0.25, 0.3) is 0 Å². The summed E-state index contributed by atoms with van der Waals surface area (Å²) in [6.07, 6.45) is 3.88. The van der Waals surface area contributed by atoms with Crippen LogP contribution in [0.5, 0.6) is 0 Å². The number of hydrogen-bond acceptors (Lipinski definition) is 4. The standard InChI is InChI=1S/C13H19N5O2/c1-9(7-11-5-4-6-20-11)15-13(19)16-10(2)12-17-14-8-18(12)3/h4-6,8-10H,7H2,1-3H3,(H2,15,16,19)/t9-,10+/m0/s1. The van der Waals surface area contributed by atoms with Crippen LogP contribution in [0.25, 0.3) is 0 Å². The van der Waals surface area contributed by atoms with Crippen molar-refractivity contribution in [3.05, 3.63) is 36.3 Å². The van der Waals surface area contributed by atoms with Gasteiger partial charge in [-0.15, -0.1) is 10.2 Å². The van der Waals surface area contributed by atoms with E-state index in [2.05, 4.69) is 20.8 Å². The molecule has 0 saturated heterocycles. The number of nitrogens with zero attached hydrogens (tertiary/aromatic N) is 3. The lowest BCUT2D eigenvalue weighted by atomic mass is 10.2. The number of carbonyl (C=O) groups excluding carboxylic acids is 1. The van der Waals surface area contributed by atoms with Gasteiger partial charge >= 0.3 is 6.03 Å². The molecular formula is C13H19N5O2. The Morgan fingerprint density at radius 2 is 2.25 bits per heavy atom. The first-order valence-corrected chi connectivity index (χ1v) is 6.49. The summed E-state index contributed by atoms with van der Waals surface area (Å²) in [6.45, 7) is 3.79. The van der Waals surface area contributed by atoms with Crippen LogP contribution in [0.2, 0.25) is 0 Å². The van der Waals surface area contributed by atoms with Crippen molar-refractivity contribution >= 4 is 6.03 Å². The highest BCUT2D eigenvalue weighted by Crippen LogP contribution is 2.07. The van der Waals surface area contributed by atoms with Crippen LogP contribution in [0, 0.1) is 0 Å². The van der Waals surface area contributed by atoms with E-state index in [1.54, 1.807) is 17.2 Å². The van der Waals surface area contributed by atoms with E-state index in [0.29, 0.717) is 12.2 Å². The van der Waals surface area contributed by atoms with Crippen molar-refractivity contribution in [3.63, 3.8) is 0 Å². The maximum absolute atomic E-state index is 11.9. The van der Waals surface area contributed by atoms with Crippen molar-refractivity contribution in [2.45, 2.75) is 32.4 Å². The first-order chi connectivity index (χ1) is 9.56. The zero-order valence-corrected chi connectivity index (χ0v) is 11.8. The third-order valence-electron chi connectivity index (χ3n) is 2.95. The molecule has 7 nitrogen and oxygen atoms in total. The van der Waals surface area contributed by atoms with Crippen molar-refractivity contribution < 1.29 is 9.21 Å². The van der Waals surface area contributed by atoms with E-state index in [0.717, 1.165) is 5.76 Å². The van der Waals surface area contributed by atoms with Crippen molar-refractivity contribution in [3.8, 4) is 0 Å². The van der Waals surface area contributed by atoms with Crippen molar-refractivity contribution in [1.82, 2.24) is 25.4 Å². The van der Waals surface area contributed by atoms with Gasteiger partial charge in [-0.05, 0) is 26.0 Å². The minimum atomic E-state index is -0.237. The zero-order valence-electron chi connectivity index (χ0n) is 11.8. The number of furan rings is 1. The molecule has 0 aromatic carbocycles. The topological polar surface area (TPSA) is 85.0 Å². The van der Waals surface area contributed by atoms with Gasteiger partial charge in [0.05, 0.1) is 12.3 Å². The largest absolute Gasteiger partial charge is 0.469 e. The van der Waals surface area contributed by atoms with E-state index in [9.17, 15) is 4.79 Å². The molecule has 0 unspecified atom stereocenters. The fourth-order valence-corrected chi connectivity index (χ4v) is 1.99. The Bertz CT molecular complexity index is 549. The maximum Gasteiger partial charge on any atom is 0.315 e. The molecule has 0 radical (unpaired) electrons. The monoisotopic (exact) mass is 277 g/mol. The van der Waals surface area contributed by atoms with E-state index in [-0.39, 0.29) is 18.1 Å². The van der Waals surface area contributed by atoms with Crippen LogP contribution in [0.15, 0.2) is 29.1 Å². The smallest absolute Gasteiger partial charge is 0.315 e. The Morgan fingerprint density at radius 3 is 2.85 bits per heavy atom. The number of amides is 2. The first kappa shape index (κ1) is 14.1. The Kier molecular flexibility index (Phi) is 4.39. The zero-order chi connectivity index (χ0) is 14.5. The molecule has 2 atom stereocenters. The first-order valence-electron chi connectivity index (χ1n) is 6.49. The number of urea groups is 1. The van der Waals surface area contributed by atoms with Crippen LogP contribution in [0.3, 0.4) is 0 Å². The molecule has 2 heterocycles. The summed E-state index contributed by atoms with van der Waals surface area (Å²) in [5.41, 5.74) is 0. The average Bonchev–Trinajstić information content (AvgIpc) is 2.99. The van der Waals surface area contributed by atoms with Crippen LogP contribution in [-0.2, 0) is 13.5 Å². The normalized spacial score (nSPS) is 13.8. The van der Waals surface area contributed by atoms with E-state index < -0.39 is 0 Å². The lowest BCUT2D eigenvalue weighted by Crippen LogP contribution is -2.43. The van der Waals surface area contributed by atoms with Gasteiger partial charge in [0.15, 0.2) is 5.82 Å². The summed E-state index contributed by atoms with van der Waals surface area (Å²) in [6, 6.07) is 3.25. The molecule has 2 aromatic rings. The molecule has 7 heteroatoms. The van der Waals surface area contributed by atoms with Gasteiger partial charge in [-0.1, -0.05) is 0 Å². The summed E-state index contributed by atoms with van der Waals surface area (Å²) >= 11 is 0. The van der Waals surface area contributed by atoms with Gasteiger partial charge in [0, 0.05) is 19.5 Å².